The molecule has 0 bridgehead atoms. The van der Waals surface area contributed by atoms with Crippen LogP contribution >= 0.6 is 0 Å². The van der Waals surface area contributed by atoms with E-state index < -0.39 is 11.9 Å². The number of aliphatic carboxylic acids is 1. The Kier molecular flexibility index (Phi) is 3.86. The molecule has 0 spiro atoms. The van der Waals surface area contributed by atoms with E-state index in [1.165, 1.54) is 0 Å². The van der Waals surface area contributed by atoms with Crippen LogP contribution in [0.2, 0.25) is 0 Å². The van der Waals surface area contributed by atoms with Crippen molar-refractivity contribution in [2.45, 2.75) is 19.3 Å². The predicted molar refractivity (Wildman–Crippen MR) is 71.5 cm³/mol. The van der Waals surface area contributed by atoms with Gasteiger partial charge >= 0.3 is 5.97 Å². The van der Waals surface area contributed by atoms with Crippen molar-refractivity contribution < 1.29 is 14.7 Å². The number of carbonyl (C=O) groups is 2. The van der Waals surface area contributed by atoms with Crippen LogP contribution in [0.25, 0.3) is 0 Å². The molecule has 19 heavy (non-hydrogen) atoms. The Morgan fingerprint density at radius 2 is 2.05 bits per heavy atom. The maximum Gasteiger partial charge on any atom is 0.306 e. The summed E-state index contributed by atoms with van der Waals surface area (Å²) in [5, 5.41) is 11.7. The van der Waals surface area contributed by atoms with Crippen molar-refractivity contribution in [3.8, 4) is 12.3 Å². The Bertz CT molecular complexity index is 545. The number of carbonyl (C=O) groups excluding carboxylic acids is 1. The van der Waals surface area contributed by atoms with Gasteiger partial charge in [0.25, 0.3) is 0 Å². The summed E-state index contributed by atoms with van der Waals surface area (Å²) in [6.45, 7) is 0. The van der Waals surface area contributed by atoms with Crippen LogP contribution in [0.15, 0.2) is 24.3 Å². The molecule has 0 heterocycles. The molecule has 1 aromatic carbocycles. The quantitative estimate of drug-likeness (QED) is 0.815. The van der Waals surface area contributed by atoms with Crippen molar-refractivity contribution in [1.29, 1.82) is 0 Å². The van der Waals surface area contributed by atoms with E-state index in [2.05, 4.69) is 11.2 Å². The predicted octanol–water partition coefficient (Wildman–Crippen LogP) is 2.11. The Labute approximate surface area is 111 Å². The molecule has 1 saturated carbocycles. The minimum Gasteiger partial charge on any atom is -0.481 e. The van der Waals surface area contributed by atoms with Crippen molar-refractivity contribution in [2.24, 2.45) is 11.8 Å². The van der Waals surface area contributed by atoms with Gasteiger partial charge in [0, 0.05) is 17.2 Å². The molecule has 4 heteroatoms. The zero-order chi connectivity index (χ0) is 13.8. The average Bonchev–Trinajstić information content (AvgIpc) is 2.89. The van der Waals surface area contributed by atoms with E-state index in [0.717, 1.165) is 0 Å². The molecule has 0 unspecified atom stereocenters. The minimum atomic E-state index is -0.815. The van der Waals surface area contributed by atoms with Crippen LogP contribution in [0.1, 0.15) is 24.8 Å². The topological polar surface area (TPSA) is 66.4 Å². The Hall–Kier alpha value is -2.28. The first-order chi connectivity index (χ1) is 9.10. The highest BCUT2D eigenvalue weighted by Crippen LogP contribution is 2.31. The lowest BCUT2D eigenvalue weighted by Gasteiger charge is -2.11. The molecule has 0 saturated heterocycles. The molecule has 1 aliphatic rings. The molecule has 1 aromatic rings. The van der Waals surface area contributed by atoms with Gasteiger partial charge in [0.15, 0.2) is 0 Å². The van der Waals surface area contributed by atoms with Gasteiger partial charge in [-0.2, -0.15) is 0 Å². The number of carboxylic acid groups (broad SMARTS) is 1. The second kappa shape index (κ2) is 5.57. The fraction of sp³-hybridized carbons (Fsp3) is 0.333. The van der Waals surface area contributed by atoms with E-state index >= 15 is 0 Å². The molecule has 98 valence electrons. The second-order valence-corrected chi connectivity index (χ2v) is 4.76. The molecular weight excluding hydrogens is 242 g/mol. The van der Waals surface area contributed by atoms with E-state index in [1.54, 1.807) is 24.3 Å². The molecule has 1 aliphatic carbocycles. The third-order valence-electron chi connectivity index (χ3n) is 3.45. The number of hydrogen-bond donors (Lipinski definition) is 2. The first kappa shape index (κ1) is 13.2. The molecule has 0 aromatic heterocycles. The van der Waals surface area contributed by atoms with Crippen LogP contribution in [-0.2, 0) is 9.59 Å². The number of benzene rings is 1. The minimum absolute atomic E-state index is 0.127. The molecule has 0 radical (unpaired) electrons. The number of terminal acetylenes is 1. The van der Waals surface area contributed by atoms with Crippen LogP contribution in [-0.4, -0.2) is 17.0 Å². The summed E-state index contributed by atoms with van der Waals surface area (Å²) in [5.41, 5.74) is 1.35. The third kappa shape index (κ3) is 3.14. The highest BCUT2D eigenvalue weighted by molar-refractivity contribution is 5.93. The number of anilines is 1. The van der Waals surface area contributed by atoms with Crippen molar-refractivity contribution >= 4 is 17.6 Å². The summed E-state index contributed by atoms with van der Waals surface area (Å²) in [4.78, 5) is 22.9. The highest BCUT2D eigenvalue weighted by atomic mass is 16.4. The van der Waals surface area contributed by atoms with Crippen LogP contribution in [0.3, 0.4) is 0 Å². The van der Waals surface area contributed by atoms with Crippen molar-refractivity contribution in [3.05, 3.63) is 29.8 Å². The van der Waals surface area contributed by atoms with E-state index in [9.17, 15) is 9.59 Å². The van der Waals surface area contributed by atoms with E-state index in [4.69, 9.17) is 11.5 Å². The fourth-order valence-corrected chi connectivity index (χ4v) is 2.37. The largest absolute Gasteiger partial charge is 0.481 e. The molecule has 1 amide bonds. The third-order valence-corrected chi connectivity index (χ3v) is 3.45. The lowest BCUT2D eigenvalue weighted by molar-refractivity contribution is -0.141. The molecule has 2 atom stereocenters. The van der Waals surface area contributed by atoms with Gasteiger partial charge in [-0.15, -0.1) is 6.42 Å². The normalized spacial score (nSPS) is 21.6. The number of nitrogens with one attached hydrogen (secondary N) is 1. The van der Waals surface area contributed by atoms with Gasteiger partial charge in [-0.05, 0) is 37.5 Å². The van der Waals surface area contributed by atoms with Crippen LogP contribution in [0.4, 0.5) is 5.69 Å². The number of hydrogen-bond acceptors (Lipinski definition) is 2. The van der Waals surface area contributed by atoms with Crippen LogP contribution in [0.5, 0.6) is 0 Å². The van der Waals surface area contributed by atoms with Gasteiger partial charge in [-0.25, -0.2) is 0 Å². The Balaban J connectivity index is 1.98. The molecule has 1 fully saturated rings. The van der Waals surface area contributed by atoms with E-state index in [0.29, 0.717) is 30.5 Å². The molecular formula is C15H15NO3. The van der Waals surface area contributed by atoms with Crippen molar-refractivity contribution in [2.75, 3.05) is 5.32 Å². The fourth-order valence-electron chi connectivity index (χ4n) is 2.37. The van der Waals surface area contributed by atoms with E-state index in [-0.39, 0.29) is 11.8 Å². The summed E-state index contributed by atoms with van der Waals surface area (Å²) in [6, 6.07) is 7.05. The molecule has 0 aliphatic heterocycles. The zero-order valence-corrected chi connectivity index (χ0v) is 10.4. The SMILES string of the molecule is C#Cc1cccc(NC(=O)[C@H]2CC[C@@H](C(=O)O)C2)c1. The van der Waals surface area contributed by atoms with Gasteiger partial charge in [-0.1, -0.05) is 12.0 Å². The summed E-state index contributed by atoms with van der Waals surface area (Å²) >= 11 is 0. The molecule has 2 rings (SSSR count). The van der Waals surface area contributed by atoms with Crippen LogP contribution in [0, 0.1) is 24.2 Å². The zero-order valence-electron chi connectivity index (χ0n) is 10.4. The monoisotopic (exact) mass is 257 g/mol. The summed E-state index contributed by atoms with van der Waals surface area (Å²) in [6.07, 6.45) is 6.90. The summed E-state index contributed by atoms with van der Waals surface area (Å²) in [7, 11) is 0. The maximum absolute atomic E-state index is 12.0. The Morgan fingerprint density at radius 1 is 1.32 bits per heavy atom. The highest BCUT2D eigenvalue weighted by Gasteiger charge is 2.33. The van der Waals surface area contributed by atoms with Gasteiger partial charge in [0.05, 0.1) is 5.92 Å². The lowest BCUT2D eigenvalue weighted by Crippen LogP contribution is -2.21. The molecule has 2 N–H and O–H groups in total. The number of carboxylic acids is 1. The number of amides is 1. The lowest BCUT2D eigenvalue weighted by atomic mass is 10.0. The van der Waals surface area contributed by atoms with Gasteiger partial charge in [0.1, 0.15) is 0 Å². The summed E-state index contributed by atoms with van der Waals surface area (Å²) < 4.78 is 0. The van der Waals surface area contributed by atoms with Crippen LogP contribution < -0.4 is 5.32 Å². The average molecular weight is 257 g/mol. The van der Waals surface area contributed by atoms with E-state index in [1.807, 2.05) is 0 Å². The molecule has 4 nitrogen and oxygen atoms in total. The Morgan fingerprint density at radius 3 is 2.68 bits per heavy atom. The van der Waals surface area contributed by atoms with Crippen molar-refractivity contribution in [1.82, 2.24) is 0 Å². The maximum atomic E-state index is 12.0. The van der Waals surface area contributed by atoms with Gasteiger partial charge in [-0.3, -0.25) is 9.59 Å². The van der Waals surface area contributed by atoms with Crippen molar-refractivity contribution in [3.63, 3.8) is 0 Å². The smallest absolute Gasteiger partial charge is 0.306 e. The number of rotatable bonds is 3. The summed E-state index contributed by atoms with van der Waals surface area (Å²) in [5.74, 6) is 0.939. The standard InChI is InChI=1S/C15H15NO3/c1-2-10-4-3-5-13(8-10)16-14(17)11-6-7-12(9-11)15(18)19/h1,3-5,8,11-12H,6-7,9H2,(H,16,17)(H,18,19)/t11-,12+/m0/s1. The first-order valence-electron chi connectivity index (χ1n) is 6.20. The van der Waals surface area contributed by atoms with Gasteiger partial charge < -0.3 is 10.4 Å². The second-order valence-electron chi connectivity index (χ2n) is 4.76. The first-order valence-corrected chi connectivity index (χ1v) is 6.20. The van der Waals surface area contributed by atoms with Gasteiger partial charge in [0.2, 0.25) is 5.91 Å².